The molecule has 2 heterocycles. The standard InChI is InChI=1S/C23H25FN4O/c24-18-11-15(14-27-8-2-1-3-9-27)10-17(12-18)16-4-7-21-20(13-16)22(23(25)29)26-28(21)19-5-6-19/h4,7,10-13,19H,1-3,5-6,8-9,14H2,(H2,25,29). The van der Waals surface area contributed by atoms with E-state index in [-0.39, 0.29) is 5.82 Å². The van der Waals surface area contributed by atoms with E-state index in [2.05, 4.69) is 10.00 Å². The van der Waals surface area contributed by atoms with Gasteiger partial charge in [0.15, 0.2) is 5.69 Å². The van der Waals surface area contributed by atoms with Gasteiger partial charge < -0.3 is 5.73 Å². The van der Waals surface area contributed by atoms with Crippen LogP contribution in [0, 0.1) is 5.82 Å². The van der Waals surface area contributed by atoms with Gasteiger partial charge in [-0.05, 0) is 85.8 Å². The van der Waals surface area contributed by atoms with Crippen LogP contribution in [0.1, 0.15) is 54.2 Å². The average molecular weight is 392 g/mol. The van der Waals surface area contributed by atoms with Crippen molar-refractivity contribution in [2.24, 2.45) is 5.73 Å². The molecule has 6 heteroatoms. The van der Waals surface area contributed by atoms with E-state index >= 15 is 0 Å². The Labute approximate surface area is 169 Å². The average Bonchev–Trinajstić information content (AvgIpc) is 3.48. The summed E-state index contributed by atoms with van der Waals surface area (Å²) in [6.45, 7) is 2.90. The fourth-order valence-corrected chi connectivity index (χ4v) is 4.38. The number of halogens is 1. The molecule has 1 amide bonds. The first kappa shape index (κ1) is 18.3. The smallest absolute Gasteiger partial charge is 0.269 e. The van der Waals surface area contributed by atoms with Gasteiger partial charge in [-0.2, -0.15) is 5.10 Å². The minimum atomic E-state index is -0.531. The molecule has 2 N–H and O–H groups in total. The molecule has 1 saturated heterocycles. The van der Waals surface area contributed by atoms with Crippen LogP contribution in [-0.2, 0) is 6.54 Å². The lowest BCUT2D eigenvalue weighted by atomic mass is 10.00. The van der Waals surface area contributed by atoms with Crippen LogP contribution >= 0.6 is 0 Å². The Balaban J connectivity index is 1.53. The number of aromatic nitrogens is 2. The first-order valence-corrected chi connectivity index (χ1v) is 10.4. The highest BCUT2D eigenvalue weighted by Crippen LogP contribution is 2.38. The molecule has 1 aliphatic carbocycles. The quantitative estimate of drug-likeness (QED) is 0.706. The highest BCUT2D eigenvalue weighted by Gasteiger charge is 2.28. The van der Waals surface area contributed by atoms with E-state index in [0.717, 1.165) is 60.1 Å². The van der Waals surface area contributed by atoms with Gasteiger partial charge in [-0.15, -0.1) is 0 Å². The van der Waals surface area contributed by atoms with Gasteiger partial charge in [-0.1, -0.05) is 12.5 Å². The zero-order valence-electron chi connectivity index (χ0n) is 16.4. The fraction of sp³-hybridized carbons (Fsp3) is 0.391. The van der Waals surface area contributed by atoms with Gasteiger partial charge >= 0.3 is 0 Å². The summed E-state index contributed by atoms with van der Waals surface area (Å²) in [5.41, 5.74) is 9.44. The monoisotopic (exact) mass is 392 g/mol. The topological polar surface area (TPSA) is 64.2 Å². The van der Waals surface area contributed by atoms with E-state index in [0.29, 0.717) is 11.7 Å². The Morgan fingerprint density at radius 2 is 1.86 bits per heavy atom. The van der Waals surface area contributed by atoms with E-state index in [9.17, 15) is 9.18 Å². The molecule has 2 aliphatic rings. The number of nitrogens with two attached hydrogens (primary N) is 1. The summed E-state index contributed by atoms with van der Waals surface area (Å²) in [5, 5.41) is 5.20. The molecular formula is C23H25FN4O. The molecule has 1 aromatic heterocycles. The molecule has 0 spiro atoms. The minimum Gasteiger partial charge on any atom is -0.364 e. The lowest BCUT2D eigenvalue weighted by Crippen LogP contribution is -2.29. The molecule has 29 heavy (non-hydrogen) atoms. The van der Waals surface area contributed by atoms with Crippen molar-refractivity contribution in [2.45, 2.75) is 44.7 Å². The number of carbonyl (C=O) groups excluding carboxylic acids is 1. The summed E-state index contributed by atoms with van der Waals surface area (Å²) in [6, 6.07) is 11.4. The predicted octanol–water partition coefficient (Wildman–Crippen LogP) is 4.26. The molecule has 2 aromatic carbocycles. The second-order valence-electron chi connectivity index (χ2n) is 8.31. The van der Waals surface area contributed by atoms with Gasteiger partial charge in [0, 0.05) is 11.9 Å². The van der Waals surface area contributed by atoms with E-state index in [1.807, 2.05) is 28.9 Å². The van der Waals surface area contributed by atoms with Gasteiger partial charge in [0.25, 0.3) is 5.91 Å². The number of amides is 1. The third kappa shape index (κ3) is 3.65. The van der Waals surface area contributed by atoms with E-state index in [1.54, 1.807) is 12.1 Å². The number of hydrogen-bond acceptors (Lipinski definition) is 3. The summed E-state index contributed by atoms with van der Waals surface area (Å²) in [6.07, 6.45) is 5.84. The SMILES string of the molecule is NC(=O)c1nn(C2CC2)c2ccc(-c3cc(F)cc(CN4CCCCC4)c3)cc12. The van der Waals surface area contributed by atoms with Gasteiger partial charge in [0.1, 0.15) is 5.82 Å². The van der Waals surface area contributed by atoms with Gasteiger partial charge in [0.05, 0.1) is 11.6 Å². The van der Waals surface area contributed by atoms with Gasteiger partial charge in [-0.25, -0.2) is 4.39 Å². The van der Waals surface area contributed by atoms with E-state index in [1.165, 1.54) is 19.3 Å². The highest BCUT2D eigenvalue weighted by molar-refractivity contribution is 6.05. The molecule has 1 aliphatic heterocycles. The third-order valence-corrected chi connectivity index (χ3v) is 5.98. The van der Waals surface area contributed by atoms with Crippen molar-refractivity contribution in [2.75, 3.05) is 13.1 Å². The third-order valence-electron chi connectivity index (χ3n) is 5.98. The molecule has 0 radical (unpaired) electrons. The van der Waals surface area contributed by atoms with Crippen LogP contribution in [0.5, 0.6) is 0 Å². The molecule has 5 nitrogen and oxygen atoms in total. The normalized spacial score (nSPS) is 17.7. The molecule has 5 rings (SSSR count). The Morgan fingerprint density at radius 3 is 2.59 bits per heavy atom. The van der Waals surface area contributed by atoms with Gasteiger partial charge in [0.2, 0.25) is 0 Å². The van der Waals surface area contributed by atoms with E-state index < -0.39 is 5.91 Å². The molecular weight excluding hydrogens is 367 g/mol. The molecule has 0 bridgehead atoms. The summed E-state index contributed by atoms with van der Waals surface area (Å²) in [7, 11) is 0. The van der Waals surface area contributed by atoms with Crippen LogP contribution in [0.2, 0.25) is 0 Å². The number of carbonyl (C=O) groups is 1. The lowest BCUT2D eigenvalue weighted by Gasteiger charge is -2.26. The summed E-state index contributed by atoms with van der Waals surface area (Å²) in [5.74, 6) is -0.769. The minimum absolute atomic E-state index is 0.238. The van der Waals surface area contributed by atoms with Crippen LogP contribution in [-0.4, -0.2) is 33.7 Å². The summed E-state index contributed by atoms with van der Waals surface area (Å²) >= 11 is 0. The van der Waals surface area contributed by atoms with Crippen molar-refractivity contribution in [1.82, 2.24) is 14.7 Å². The van der Waals surface area contributed by atoms with Crippen molar-refractivity contribution < 1.29 is 9.18 Å². The number of piperidine rings is 1. The number of fused-ring (bicyclic) bond motifs is 1. The molecule has 0 unspecified atom stereocenters. The number of hydrogen-bond donors (Lipinski definition) is 1. The van der Waals surface area contributed by atoms with Crippen molar-refractivity contribution in [3.8, 4) is 11.1 Å². The summed E-state index contributed by atoms with van der Waals surface area (Å²) < 4.78 is 16.3. The number of likely N-dealkylation sites (tertiary alicyclic amines) is 1. The predicted molar refractivity (Wildman–Crippen MR) is 111 cm³/mol. The Morgan fingerprint density at radius 1 is 1.07 bits per heavy atom. The fourth-order valence-electron chi connectivity index (χ4n) is 4.38. The maximum atomic E-state index is 14.4. The number of benzene rings is 2. The van der Waals surface area contributed by atoms with Gasteiger partial charge in [-0.3, -0.25) is 14.4 Å². The Hall–Kier alpha value is -2.73. The van der Waals surface area contributed by atoms with Crippen LogP contribution in [0.25, 0.3) is 22.0 Å². The van der Waals surface area contributed by atoms with Crippen LogP contribution in [0.4, 0.5) is 4.39 Å². The first-order valence-electron chi connectivity index (χ1n) is 10.4. The number of rotatable bonds is 5. The lowest BCUT2D eigenvalue weighted by molar-refractivity contribution is 0.0996. The number of nitrogens with zero attached hydrogens (tertiary/aromatic N) is 3. The zero-order valence-corrected chi connectivity index (χ0v) is 16.4. The van der Waals surface area contributed by atoms with Crippen LogP contribution in [0.15, 0.2) is 36.4 Å². The number of primary amides is 1. The van der Waals surface area contributed by atoms with Crippen molar-refractivity contribution in [3.63, 3.8) is 0 Å². The van der Waals surface area contributed by atoms with Crippen molar-refractivity contribution >= 4 is 16.8 Å². The molecule has 150 valence electrons. The highest BCUT2D eigenvalue weighted by atomic mass is 19.1. The maximum Gasteiger partial charge on any atom is 0.269 e. The Bertz CT molecular complexity index is 1080. The molecule has 2 fully saturated rings. The van der Waals surface area contributed by atoms with Crippen molar-refractivity contribution in [3.05, 3.63) is 53.5 Å². The molecule has 3 aromatic rings. The van der Waals surface area contributed by atoms with Crippen LogP contribution in [0.3, 0.4) is 0 Å². The zero-order chi connectivity index (χ0) is 20.0. The molecule has 1 saturated carbocycles. The Kier molecular flexibility index (Phi) is 4.59. The largest absolute Gasteiger partial charge is 0.364 e. The second kappa shape index (κ2) is 7.26. The summed E-state index contributed by atoms with van der Waals surface area (Å²) in [4.78, 5) is 14.3. The molecule has 0 atom stereocenters. The maximum absolute atomic E-state index is 14.4. The van der Waals surface area contributed by atoms with E-state index in [4.69, 9.17) is 5.73 Å². The van der Waals surface area contributed by atoms with Crippen LogP contribution < -0.4 is 5.73 Å². The first-order chi connectivity index (χ1) is 14.1. The van der Waals surface area contributed by atoms with Crippen molar-refractivity contribution in [1.29, 1.82) is 0 Å². The second-order valence-corrected chi connectivity index (χ2v) is 8.31.